The molecule has 2 nitrogen and oxygen atoms in total. The Morgan fingerprint density at radius 2 is 1.63 bits per heavy atom. The van der Waals surface area contributed by atoms with Crippen LogP contribution in [0, 0.1) is 5.92 Å². The van der Waals surface area contributed by atoms with E-state index in [4.69, 9.17) is 0 Å². The van der Waals surface area contributed by atoms with Crippen LogP contribution in [0.3, 0.4) is 0 Å². The highest BCUT2D eigenvalue weighted by molar-refractivity contribution is 6.06. The van der Waals surface area contributed by atoms with Gasteiger partial charge in [-0.15, -0.1) is 0 Å². The Hall–Kier alpha value is -2.09. The van der Waals surface area contributed by atoms with Crippen molar-refractivity contribution in [2.75, 3.05) is 5.32 Å². The first kappa shape index (κ1) is 10.8. The minimum Gasteiger partial charge on any atom is -0.377 e. The molecule has 0 saturated heterocycles. The normalized spacial score (nSPS) is 27.2. The van der Waals surface area contributed by atoms with Crippen molar-refractivity contribution in [3.63, 3.8) is 0 Å². The predicted molar refractivity (Wildman–Crippen MR) is 75.5 cm³/mol. The van der Waals surface area contributed by atoms with E-state index in [1.54, 1.807) is 0 Å². The van der Waals surface area contributed by atoms with Gasteiger partial charge in [0, 0.05) is 11.3 Å². The highest BCUT2D eigenvalue weighted by Crippen LogP contribution is 2.50. The molecule has 0 aromatic heterocycles. The number of benzene rings is 2. The lowest BCUT2D eigenvalue weighted by molar-refractivity contribution is 0.0891. The largest absolute Gasteiger partial charge is 0.377 e. The summed E-state index contributed by atoms with van der Waals surface area (Å²) in [5.41, 5.74) is 4.40. The van der Waals surface area contributed by atoms with Crippen LogP contribution < -0.4 is 5.32 Å². The fourth-order valence-corrected chi connectivity index (χ4v) is 3.60. The van der Waals surface area contributed by atoms with Crippen LogP contribution in [0.5, 0.6) is 0 Å². The van der Waals surface area contributed by atoms with Crippen molar-refractivity contribution in [1.29, 1.82) is 0 Å². The van der Waals surface area contributed by atoms with Gasteiger partial charge in [-0.2, -0.15) is 0 Å². The number of rotatable bonds is 0. The molecule has 0 bridgehead atoms. The molecular formula is C17H15NO. The molecule has 2 aliphatic rings. The predicted octanol–water partition coefficient (Wildman–Crippen LogP) is 3.77. The van der Waals surface area contributed by atoms with Gasteiger partial charge in [0.25, 0.3) is 0 Å². The number of anilines is 1. The Balaban J connectivity index is 1.90. The standard InChI is InChI=1S/C17H15NO/c1-10-11-6-2-3-7-12(11)16-15(10)17(19)13-8-4-5-9-14(13)18-16/h2-10,15-16,18H,1H3/t10-,15-,16-/m1/s1. The van der Waals surface area contributed by atoms with Crippen molar-refractivity contribution in [1.82, 2.24) is 0 Å². The lowest BCUT2D eigenvalue weighted by atomic mass is 9.82. The maximum absolute atomic E-state index is 12.7. The van der Waals surface area contributed by atoms with E-state index in [9.17, 15) is 4.79 Å². The van der Waals surface area contributed by atoms with E-state index in [-0.39, 0.29) is 23.7 Å². The Morgan fingerprint density at radius 3 is 2.47 bits per heavy atom. The molecule has 2 heteroatoms. The molecule has 0 amide bonds. The van der Waals surface area contributed by atoms with E-state index in [1.165, 1.54) is 11.1 Å². The van der Waals surface area contributed by atoms with Crippen molar-refractivity contribution < 1.29 is 4.79 Å². The van der Waals surface area contributed by atoms with Crippen LogP contribution in [0.15, 0.2) is 48.5 Å². The number of Topliss-reactive ketones (excluding diaryl/α,β-unsaturated/α-hetero) is 1. The number of fused-ring (bicyclic) bond motifs is 4. The van der Waals surface area contributed by atoms with Gasteiger partial charge in [0.15, 0.2) is 5.78 Å². The molecule has 1 heterocycles. The maximum Gasteiger partial charge on any atom is 0.171 e. The monoisotopic (exact) mass is 249 g/mol. The number of carbonyl (C=O) groups is 1. The van der Waals surface area contributed by atoms with Crippen molar-refractivity contribution in [2.45, 2.75) is 18.9 Å². The first-order chi connectivity index (χ1) is 9.27. The van der Waals surface area contributed by atoms with E-state index < -0.39 is 0 Å². The third-order valence-corrected chi connectivity index (χ3v) is 4.53. The number of carbonyl (C=O) groups excluding carboxylic acids is 1. The second kappa shape index (κ2) is 3.70. The minimum atomic E-state index is 0.0345. The average Bonchev–Trinajstić information content (AvgIpc) is 2.74. The van der Waals surface area contributed by atoms with Crippen LogP contribution in [-0.4, -0.2) is 5.78 Å². The van der Waals surface area contributed by atoms with Gasteiger partial charge < -0.3 is 5.32 Å². The number of hydrogen-bond donors (Lipinski definition) is 1. The van der Waals surface area contributed by atoms with E-state index >= 15 is 0 Å². The first-order valence-electron chi connectivity index (χ1n) is 6.76. The Kier molecular flexibility index (Phi) is 2.10. The zero-order valence-electron chi connectivity index (χ0n) is 10.8. The van der Waals surface area contributed by atoms with Gasteiger partial charge in [-0.05, 0) is 29.2 Å². The van der Waals surface area contributed by atoms with Crippen LogP contribution in [0.1, 0.15) is 40.4 Å². The minimum absolute atomic E-state index is 0.0345. The lowest BCUT2D eigenvalue weighted by Gasteiger charge is -2.30. The van der Waals surface area contributed by atoms with Crippen LogP contribution in [0.25, 0.3) is 0 Å². The van der Waals surface area contributed by atoms with E-state index in [1.807, 2.05) is 24.3 Å². The zero-order valence-corrected chi connectivity index (χ0v) is 10.8. The van der Waals surface area contributed by atoms with E-state index in [0.29, 0.717) is 0 Å². The van der Waals surface area contributed by atoms with Gasteiger partial charge in [-0.25, -0.2) is 0 Å². The summed E-state index contributed by atoms with van der Waals surface area (Å²) in [5.74, 6) is 0.602. The highest BCUT2D eigenvalue weighted by Gasteiger charge is 2.45. The molecule has 1 aliphatic carbocycles. The summed E-state index contributed by atoms with van der Waals surface area (Å²) < 4.78 is 0. The third kappa shape index (κ3) is 1.34. The van der Waals surface area contributed by atoms with Crippen molar-refractivity contribution in [2.24, 2.45) is 5.92 Å². The van der Waals surface area contributed by atoms with Crippen LogP contribution in [0.2, 0.25) is 0 Å². The molecule has 3 atom stereocenters. The third-order valence-electron chi connectivity index (χ3n) is 4.53. The zero-order chi connectivity index (χ0) is 13.0. The molecule has 0 fully saturated rings. The molecule has 1 aliphatic heterocycles. The summed E-state index contributed by atoms with van der Waals surface area (Å²) in [5, 5.41) is 3.56. The van der Waals surface area contributed by atoms with E-state index in [2.05, 4.69) is 36.5 Å². The Morgan fingerprint density at radius 1 is 0.947 bits per heavy atom. The van der Waals surface area contributed by atoms with Crippen LogP contribution in [0.4, 0.5) is 5.69 Å². The summed E-state index contributed by atoms with van der Waals surface area (Å²) in [4.78, 5) is 12.7. The fourth-order valence-electron chi connectivity index (χ4n) is 3.60. The second-order valence-electron chi connectivity index (χ2n) is 5.48. The smallest absolute Gasteiger partial charge is 0.171 e. The molecule has 0 radical (unpaired) electrons. The molecular weight excluding hydrogens is 234 g/mol. The Labute approximate surface area is 112 Å². The Bertz CT molecular complexity index is 676. The van der Waals surface area contributed by atoms with Gasteiger partial charge in [0.1, 0.15) is 0 Å². The van der Waals surface area contributed by atoms with Gasteiger partial charge in [-0.1, -0.05) is 43.3 Å². The van der Waals surface area contributed by atoms with E-state index in [0.717, 1.165) is 11.3 Å². The van der Waals surface area contributed by atoms with Crippen molar-refractivity contribution in [3.05, 3.63) is 65.2 Å². The average molecular weight is 249 g/mol. The molecule has 0 saturated carbocycles. The summed E-state index contributed by atoms with van der Waals surface area (Å²) >= 11 is 0. The molecule has 2 aromatic rings. The number of hydrogen-bond acceptors (Lipinski definition) is 2. The number of ketones is 1. The second-order valence-corrected chi connectivity index (χ2v) is 5.48. The molecule has 19 heavy (non-hydrogen) atoms. The van der Waals surface area contributed by atoms with Crippen molar-refractivity contribution in [3.8, 4) is 0 Å². The molecule has 94 valence electrons. The first-order valence-corrected chi connectivity index (χ1v) is 6.76. The number of para-hydroxylation sites is 1. The molecule has 0 spiro atoms. The fraction of sp³-hybridized carbons (Fsp3) is 0.235. The van der Waals surface area contributed by atoms with Gasteiger partial charge in [-0.3, -0.25) is 4.79 Å². The molecule has 0 unspecified atom stereocenters. The van der Waals surface area contributed by atoms with Gasteiger partial charge >= 0.3 is 0 Å². The van der Waals surface area contributed by atoms with Gasteiger partial charge in [0.2, 0.25) is 0 Å². The lowest BCUT2D eigenvalue weighted by Crippen LogP contribution is -2.31. The quantitative estimate of drug-likeness (QED) is 0.770. The van der Waals surface area contributed by atoms with Gasteiger partial charge in [0.05, 0.1) is 12.0 Å². The molecule has 4 rings (SSSR count). The summed E-state index contributed by atoms with van der Waals surface area (Å²) in [6.45, 7) is 2.16. The highest BCUT2D eigenvalue weighted by atomic mass is 16.1. The summed E-state index contributed by atoms with van der Waals surface area (Å²) in [6, 6.07) is 16.4. The molecule has 2 aromatic carbocycles. The topological polar surface area (TPSA) is 29.1 Å². The number of nitrogens with one attached hydrogen (secondary N) is 1. The van der Waals surface area contributed by atoms with Crippen LogP contribution >= 0.6 is 0 Å². The maximum atomic E-state index is 12.7. The summed E-state index contributed by atoms with van der Waals surface area (Å²) in [6.07, 6.45) is 0. The molecule has 1 N–H and O–H groups in total. The van der Waals surface area contributed by atoms with Crippen molar-refractivity contribution >= 4 is 11.5 Å². The summed E-state index contributed by atoms with van der Waals surface area (Å²) in [7, 11) is 0. The SMILES string of the molecule is C[C@@H]1c2ccccc2[C@H]2Nc3ccccc3C(=O)[C@H]12. The van der Waals surface area contributed by atoms with Crippen LogP contribution in [-0.2, 0) is 0 Å².